The topological polar surface area (TPSA) is 0 Å². The van der Waals surface area contributed by atoms with E-state index in [1.165, 1.54) is 10.8 Å². The van der Waals surface area contributed by atoms with Crippen molar-refractivity contribution in [3.8, 4) is 0 Å². The van der Waals surface area contributed by atoms with E-state index in [1.54, 1.807) is 0 Å². The van der Waals surface area contributed by atoms with Gasteiger partial charge in [0.1, 0.15) is 0 Å². The fourth-order valence-corrected chi connectivity index (χ4v) is 1.64. The van der Waals surface area contributed by atoms with Gasteiger partial charge in [0.15, 0.2) is 0 Å². The molecule has 0 radical (unpaired) electrons. The Bertz CT molecular complexity index is 471. The van der Waals surface area contributed by atoms with Crippen LogP contribution in [-0.2, 0) is 0 Å². The van der Waals surface area contributed by atoms with Crippen LogP contribution in [0.2, 0.25) is 0 Å². The minimum Gasteiger partial charge on any atom is -0.122 e. The van der Waals surface area contributed by atoms with Crippen molar-refractivity contribution in [1.82, 2.24) is 0 Å². The summed E-state index contributed by atoms with van der Waals surface area (Å²) in [5.41, 5.74) is 2.09. The number of benzene rings is 2. The second kappa shape index (κ2) is 3.85. The van der Waals surface area contributed by atoms with Crippen molar-refractivity contribution in [1.29, 1.82) is 0 Å². The third-order valence-corrected chi connectivity index (χ3v) is 2.64. The first-order valence-electron chi connectivity index (χ1n) is 4.54. The van der Waals surface area contributed by atoms with Gasteiger partial charge in [-0.25, -0.2) is 0 Å². The molecule has 0 aromatic heterocycles. The summed E-state index contributed by atoms with van der Waals surface area (Å²) in [5, 5.41) is 2.48. The Morgan fingerprint density at radius 3 is 2.50 bits per heavy atom. The first kappa shape index (κ1) is 9.29. The Balaban J connectivity index is 2.56. The maximum Gasteiger partial charge on any atom is 0.0474 e. The summed E-state index contributed by atoms with van der Waals surface area (Å²) in [6.07, 6.45) is 0. The molecule has 2 aromatic rings. The Morgan fingerprint density at radius 2 is 1.79 bits per heavy atom. The third-order valence-electron chi connectivity index (χ3n) is 2.32. The lowest BCUT2D eigenvalue weighted by Crippen LogP contribution is -1.83. The lowest BCUT2D eigenvalue weighted by molar-refractivity contribution is 1.62. The molecule has 0 unspecified atom stereocenters. The normalized spacial score (nSPS) is 10.4. The monoisotopic (exact) mass is 202 g/mol. The first-order valence-corrected chi connectivity index (χ1v) is 5.07. The maximum atomic E-state index is 5.74. The van der Waals surface area contributed by atoms with Gasteiger partial charge in [-0.05, 0) is 28.0 Å². The van der Waals surface area contributed by atoms with Crippen LogP contribution in [0.25, 0.3) is 16.3 Å². The predicted molar refractivity (Wildman–Crippen MR) is 63.7 cm³/mol. The van der Waals surface area contributed by atoms with Crippen molar-refractivity contribution in [2.75, 3.05) is 5.88 Å². The van der Waals surface area contributed by atoms with Crippen molar-refractivity contribution in [2.24, 2.45) is 0 Å². The molecule has 0 N–H and O–H groups in total. The summed E-state index contributed by atoms with van der Waals surface area (Å²) in [4.78, 5) is 0. The van der Waals surface area contributed by atoms with Gasteiger partial charge in [0.05, 0.1) is 0 Å². The van der Waals surface area contributed by atoms with E-state index in [9.17, 15) is 0 Å². The molecule has 0 nitrogen and oxygen atoms in total. The standard InChI is InChI=1S/C13H11Cl/c1-10(9-14)12-7-6-11-4-2-3-5-13(11)8-12/h2-8H,1,9H2. The zero-order valence-electron chi connectivity index (χ0n) is 7.83. The Morgan fingerprint density at radius 1 is 1.07 bits per heavy atom. The van der Waals surface area contributed by atoms with Crippen LogP contribution in [0.3, 0.4) is 0 Å². The lowest BCUT2D eigenvalue weighted by atomic mass is 10.0. The molecule has 70 valence electrons. The molecular formula is C13H11Cl. The molecule has 0 saturated heterocycles. The highest BCUT2D eigenvalue weighted by Gasteiger charge is 1.98. The van der Waals surface area contributed by atoms with Crippen LogP contribution in [0, 0.1) is 0 Å². The first-order chi connectivity index (χ1) is 6.81. The van der Waals surface area contributed by atoms with E-state index in [4.69, 9.17) is 11.6 Å². The van der Waals surface area contributed by atoms with Crippen molar-refractivity contribution < 1.29 is 0 Å². The van der Waals surface area contributed by atoms with Gasteiger partial charge in [-0.2, -0.15) is 0 Å². The Labute approximate surface area is 88.8 Å². The summed E-state index contributed by atoms with van der Waals surface area (Å²) in [7, 11) is 0. The largest absolute Gasteiger partial charge is 0.122 e. The average Bonchev–Trinajstić information content (AvgIpc) is 2.27. The number of fused-ring (bicyclic) bond motifs is 1. The number of alkyl halides is 1. The molecule has 0 aliphatic rings. The fourth-order valence-electron chi connectivity index (χ4n) is 1.49. The summed E-state index contributed by atoms with van der Waals surface area (Å²) >= 11 is 5.74. The zero-order valence-corrected chi connectivity index (χ0v) is 8.59. The smallest absolute Gasteiger partial charge is 0.0474 e. The van der Waals surface area contributed by atoms with E-state index >= 15 is 0 Å². The van der Waals surface area contributed by atoms with Crippen LogP contribution in [0.4, 0.5) is 0 Å². The van der Waals surface area contributed by atoms with E-state index < -0.39 is 0 Å². The van der Waals surface area contributed by atoms with Crippen molar-refractivity contribution in [3.05, 3.63) is 54.6 Å². The second-order valence-electron chi connectivity index (χ2n) is 3.30. The van der Waals surface area contributed by atoms with Crippen molar-refractivity contribution >= 4 is 27.9 Å². The third kappa shape index (κ3) is 1.66. The highest BCUT2D eigenvalue weighted by atomic mass is 35.5. The SMILES string of the molecule is C=C(CCl)c1ccc2ccccc2c1. The molecule has 0 aliphatic carbocycles. The molecule has 0 fully saturated rings. The summed E-state index contributed by atoms with van der Waals surface area (Å²) in [6, 6.07) is 14.6. The second-order valence-corrected chi connectivity index (χ2v) is 3.57. The highest BCUT2D eigenvalue weighted by molar-refractivity contribution is 6.23. The summed E-state index contributed by atoms with van der Waals surface area (Å²) in [5.74, 6) is 0.484. The molecule has 0 atom stereocenters. The highest BCUT2D eigenvalue weighted by Crippen LogP contribution is 2.20. The molecule has 14 heavy (non-hydrogen) atoms. The van der Waals surface area contributed by atoms with Crippen LogP contribution in [0.5, 0.6) is 0 Å². The molecule has 0 heterocycles. The van der Waals surface area contributed by atoms with E-state index in [0.717, 1.165) is 11.1 Å². The molecule has 0 aliphatic heterocycles. The molecular weight excluding hydrogens is 192 g/mol. The number of halogens is 1. The minimum atomic E-state index is 0.484. The van der Waals surface area contributed by atoms with Crippen LogP contribution in [0.15, 0.2) is 49.0 Å². The van der Waals surface area contributed by atoms with Gasteiger partial charge in [0.25, 0.3) is 0 Å². The van der Waals surface area contributed by atoms with E-state index in [1.807, 2.05) is 12.1 Å². The van der Waals surface area contributed by atoms with Gasteiger partial charge in [0, 0.05) is 5.88 Å². The molecule has 0 bridgehead atoms. The van der Waals surface area contributed by atoms with E-state index in [-0.39, 0.29) is 0 Å². The van der Waals surface area contributed by atoms with Crippen molar-refractivity contribution in [2.45, 2.75) is 0 Å². The number of hydrogen-bond donors (Lipinski definition) is 0. The van der Waals surface area contributed by atoms with E-state index in [2.05, 4.69) is 36.9 Å². The molecule has 1 heteroatoms. The van der Waals surface area contributed by atoms with Gasteiger partial charge in [0.2, 0.25) is 0 Å². The molecule has 2 aromatic carbocycles. The molecule has 2 rings (SSSR count). The number of rotatable bonds is 2. The summed E-state index contributed by atoms with van der Waals surface area (Å²) < 4.78 is 0. The van der Waals surface area contributed by atoms with Gasteiger partial charge < -0.3 is 0 Å². The predicted octanol–water partition coefficient (Wildman–Crippen LogP) is 4.09. The zero-order chi connectivity index (χ0) is 9.97. The number of allylic oxidation sites excluding steroid dienone is 1. The van der Waals surface area contributed by atoms with Gasteiger partial charge in [-0.1, -0.05) is 43.0 Å². The Kier molecular flexibility index (Phi) is 2.55. The van der Waals surface area contributed by atoms with E-state index in [0.29, 0.717) is 5.88 Å². The number of hydrogen-bond acceptors (Lipinski definition) is 0. The fraction of sp³-hybridized carbons (Fsp3) is 0.0769. The van der Waals surface area contributed by atoms with Gasteiger partial charge >= 0.3 is 0 Å². The van der Waals surface area contributed by atoms with Crippen LogP contribution >= 0.6 is 11.6 Å². The summed E-state index contributed by atoms with van der Waals surface area (Å²) in [6.45, 7) is 3.92. The van der Waals surface area contributed by atoms with Gasteiger partial charge in [-0.15, -0.1) is 11.6 Å². The molecule has 0 spiro atoms. The van der Waals surface area contributed by atoms with Crippen molar-refractivity contribution in [3.63, 3.8) is 0 Å². The Hall–Kier alpha value is -1.27. The van der Waals surface area contributed by atoms with Crippen LogP contribution in [0.1, 0.15) is 5.56 Å². The van der Waals surface area contributed by atoms with Gasteiger partial charge in [-0.3, -0.25) is 0 Å². The quantitative estimate of drug-likeness (QED) is 0.644. The average molecular weight is 203 g/mol. The lowest BCUT2D eigenvalue weighted by Gasteiger charge is -2.03. The van der Waals surface area contributed by atoms with Crippen LogP contribution < -0.4 is 0 Å². The maximum absolute atomic E-state index is 5.74. The molecule has 0 saturated carbocycles. The molecule has 0 amide bonds. The van der Waals surface area contributed by atoms with Crippen LogP contribution in [-0.4, -0.2) is 5.88 Å². The minimum absolute atomic E-state index is 0.484.